The first-order valence-corrected chi connectivity index (χ1v) is 13.9. The number of hydrogen-bond donors (Lipinski definition) is 3. The van der Waals surface area contributed by atoms with E-state index in [4.69, 9.17) is 0 Å². The first kappa shape index (κ1) is 28.4. The molecule has 5 aliphatic rings. The number of allylic oxidation sites excluding steroid dienone is 2. The Balaban J connectivity index is 0.00000289. The third-order valence-corrected chi connectivity index (χ3v) is 13.0. The first-order valence-electron chi connectivity index (χ1n) is 13.9. The van der Waals surface area contributed by atoms with E-state index >= 15 is 0 Å². The Hall–Kier alpha value is 0.390. The van der Waals surface area contributed by atoms with Crippen molar-refractivity contribution in [2.45, 2.75) is 118 Å². The van der Waals surface area contributed by atoms with E-state index in [9.17, 15) is 20.1 Å². The van der Waals surface area contributed by atoms with Crippen LogP contribution in [0.5, 0.6) is 0 Å². The average Bonchev–Trinajstić information content (AvgIpc) is 2.72. The van der Waals surface area contributed by atoms with Crippen LogP contribution in [-0.2, 0) is 4.79 Å². The minimum Gasteiger partial charge on any atom is -0.481 e. The van der Waals surface area contributed by atoms with Crippen LogP contribution in [0.4, 0.5) is 0 Å². The van der Waals surface area contributed by atoms with Gasteiger partial charge < -0.3 is 15.3 Å². The Morgan fingerprint density at radius 2 is 1.51 bits per heavy atom. The van der Waals surface area contributed by atoms with Crippen molar-refractivity contribution in [1.29, 1.82) is 0 Å². The summed E-state index contributed by atoms with van der Waals surface area (Å²) in [7, 11) is 0. The second-order valence-electron chi connectivity index (χ2n) is 15.2. The van der Waals surface area contributed by atoms with Crippen LogP contribution in [0.3, 0.4) is 0 Å². The van der Waals surface area contributed by atoms with Gasteiger partial charge in [0.25, 0.3) is 0 Å². The summed E-state index contributed by atoms with van der Waals surface area (Å²) in [4.78, 5) is 12.8. The van der Waals surface area contributed by atoms with Gasteiger partial charge in [0.15, 0.2) is 0 Å². The molecule has 0 saturated heterocycles. The number of carbonyl (C=O) groups is 1. The van der Waals surface area contributed by atoms with Crippen molar-refractivity contribution in [1.82, 2.24) is 0 Å². The number of carboxylic acids is 1. The van der Waals surface area contributed by atoms with Gasteiger partial charge in [-0.15, -0.1) is 0 Å². The second kappa shape index (κ2) is 8.44. The van der Waals surface area contributed by atoms with Gasteiger partial charge in [0.1, 0.15) is 0 Å². The molecule has 0 heterocycles. The predicted molar refractivity (Wildman–Crippen MR) is 140 cm³/mol. The zero-order chi connectivity index (χ0) is 25.1. The van der Waals surface area contributed by atoms with Crippen LogP contribution in [0.2, 0.25) is 0 Å². The summed E-state index contributed by atoms with van der Waals surface area (Å²) in [6.07, 6.45) is 9.45. The van der Waals surface area contributed by atoms with E-state index in [-0.39, 0.29) is 70.7 Å². The predicted octanol–water partition coefficient (Wildman–Crippen LogP) is 5.82. The summed E-state index contributed by atoms with van der Waals surface area (Å²) in [5.74, 6) is 0.365. The number of rotatable bonds is 1. The second-order valence-corrected chi connectivity index (χ2v) is 15.2. The molecule has 0 aliphatic heterocycles. The number of hydrogen-bond acceptors (Lipinski definition) is 3. The zero-order valence-corrected chi connectivity index (χ0v) is 25.5. The summed E-state index contributed by atoms with van der Waals surface area (Å²) in [5, 5.41) is 32.4. The first-order chi connectivity index (χ1) is 15.6. The monoisotopic (exact) mass is 512 g/mol. The summed E-state index contributed by atoms with van der Waals surface area (Å²) in [5.41, 5.74) is 0.754. The van der Waals surface area contributed by atoms with Crippen LogP contribution >= 0.6 is 0 Å². The van der Waals surface area contributed by atoms with E-state index in [1.54, 1.807) is 0 Å². The molecule has 0 spiro atoms. The molecular weight excluding hydrogens is 464 g/mol. The summed E-state index contributed by atoms with van der Waals surface area (Å²) in [6.45, 7) is 16.3. The van der Waals surface area contributed by atoms with Crippen molar-refractivity contribution >= 4 is 43.7 Å². The van der Waals surface area contributed by atoms with Gasteiger partial charge >= 0.3 is 43.7 Å². The Bertz CT molecular complexity index is 925. The van der Waals surface area contributed by atoms with E-state index in [0.29, 0.717) is 18.3 Å². The number of aliphatic hydroxyl groups is 2. The fraction of sp³-hybridized carbons (Fsp3) is 0.900. The Morgan fingerprint density at radius 1 is 0.886 bits per heavy atom. The molecule has 0 radical (unpaired) electrons. The normalized spacial score (nSPS) is 51.9. The van der Waals surface area contributed by atoms with Crippen molar-refractivity contribution in [2.24, 2.45) is 50.2 Å². The average molecular weight is 513 g/mol. The van der Waals surface area contributed by atoms with Crippen LogP contribution < -0.4 is 0 Å². The SMILES string of the molecule is CC1(C)CC[C@]2(C(=O)O)CC[C@]3(C)C(=CC[C@@H]4[C@@]5(C)C[C@@H](O)[C@H](O)C(C)(C)[C@@H]5CC[C@]43C)[C@@H]2C1.[Ca+2]. The van der Waals surface area contributed by atoms with Crippen LogP contribution in [0.15, 0.2) is 11.6 Å². The maximum Gasteiger partial charge on any atom is 2.00 e. The Morgan fingerprint density at radius 3 is 2.14 bits per heavy atom. The molecule has 0 aromatic carbocycles. The van der Waals surface area contributed by atoms with Gasteiger partial charge in [-0.05, 0) is 103 Å². The summed E-state index contributed by atoms with van der Waals surface area (Å²) < 4.78 is 0. The van der Waals surface area contributed by atoms with E-state index in [2.05, 4.69) is 54.5 Å². The van der Waals surface area contributed by atoms with Crippen LogP contribution in [0.1, 0.15) is 106 Å². The molecule has 4 nitrogen and oxygen atoms in total. The van der Waals surface area contributed by atoms with Gasteiger partial charge in [0, 0.05) is 0 Å². The molecule has 4 fully saturated rings. The molecule has 5 rings (SSSR count). The molecule has 4 saturated carbocycles. The number of aliphatic hydroxyl groups excluding tert-OH is 2. The number of carboxylic acid groups (broad SMARTS) is 1. The third-order valence-electron chi connectivity index (χ3n) is 13.0. The van der Waals surface area contributed by atoms with Gasteiger partial charge in [0.2, 0.25) is 0 Å². The zero-order valence-electron chi connectivity index (χ0n) is 23.3. The number of fused-ring (bicyclic) bond motifs is 7. The van der Waals surface area contributed by atoms with Crippen molar-refractivity contribution in [3.63, 3.8) is 0 Å². The summed E-state index contributed by atoms with van der Waals surface area (Å²) in [6, 6.07) is 0. The molecule has 0 aromatic heterocycles. The standard InChI is InChI=1S/C30H48O4.Ca/c1-25(2)12-14-30(24(33)34)15-13-28(6)18(19(30)16-25)8-9-22-27(5)17-20(31)23(32)26(3,4)21(27)10-11-29(22,28)7;/h8,19-23,31-32H,9-17H2,1-7H3,(H,33,34);/q;+2/t19-,20+,21-,22+,23-,27-,28+,29+,30-;/m0./s1. The summed E-state index contributed by atoms with van der Waals surface area (Å²) >= 11 is 0. The van der Waals surface area contributed by atoms with Crippen LogP contribution in [-0.4, -0.2) is 71.2 Å². The van der Waals surface area contributed by atoms with Crippen molar-refractivity contribution in [2.75, 3.05) is 0 Å². The van der Waals surface area contributed by atoms with E-state index in [1.807, 2.05) is 0 Å². The largest absolute Gasteiger partial charge is 2.00 e. The molecule has 0 aromatic rings. The van der Waals surface area contributed by atoms with Crippen molar-refractivity contribution in [3.8, 4) is 0 Å². The van der Waals surface area contributed by atoms with Gasteiger partial charge in [-0.2, -0.15) is 0 Å². The number of aliphatic carboxylic acids is 1. The van der Waals surface area contributed by atoms with Crippen molar-refractivity contribution in [3.05, 3.63) is 11.6 Å². The smallest absolute Gasteiger partial charge is 0.481 e. The van der Waals surface area contributed by atoms with E-state index in [1.165, 1.54) is 5.57 Å². The molecule has 0 bridgehead atoms. The fourth-order valence-electron chi connectivity index (χ4n) is 10.8. The Labute approximate surface area is 242 Å². The maximum absolute atomic E-state index is 12.8. The van der Waals surface area contributed by atoms with Gasteiger partial charge in [-0.1, -0.05) is 60.1 Å². The minimum absolute atomic E-state index is 0. The molecule has 192 valence electrons. The molecule has 9 atom stereocenters. The molecule has 0 unspecified atom stereocenters. The third kappa shape index (κ3) is 3.58. The molecule has 3 N–H and O–H groups in total. The molecule has 5 heteroatoms. The van der Waals surface area contributed by atoms with E-state index in [0.717, 1.165) is 51.4 Å². The van der Waals surface area contributed by atoms with Crippen LogP contribution in [0, 0.1) is 50.2 Å². The molecule has 0 amide bonds. The molecule has 5 aliphatic carbocycles. The minimum atomic E-state index is -0.679. The van der Waals surface area contributed by atoms with Crippen molar-refractivity contribution < 1.29 is 20.1 Å². The molecular formula is C30H48CaO4+2. The fourth-order valence-corrected chi connectivity index (χ4v) is 10.8. The quantitative estimate of drug-likeness (QED) is 0.305. The van der Waals surface area contributed by atoms with Gasteiger partial charge in [-0.25, -0.2) is 0 Å². The van der Waals surface area contributed by atoms with Crippen LogP contribution in [0.25, 0.3) is 0 Å². The maximum atomic E-state index is 12.8. The topological polar surface area (TPSA) is 77.8 Å². The van der Waals surface area contributed by atoms with Gasteiger partial charge in [-0.3, -0.25) is 4.79 Å². The van der Waals surface area contributed by atoms with Gasteiger partial charge in [0.05, 0.1) is 17.6 Å². The van der Waals surface area contributed by atoms with E-state index < -0.39 is 23.6 Å². The Kier molecular flexibility index (Phi) is 6.85. The molecule has 35 heavy (non-hydrogen) atoms.